The van der Waals surface area contributed by atoms with Gasteiger partial charge in [-0.25, -0.2) is 4.98 Å². The zero-order valence-electron chi connectivity index (χ0n) is 11.1. The van der Waals surface area contributed by atoms with Crippen molar-refractivity contribution >= 4 is 11.6 Å². The standard InChI is InChI=1S/C12H20N6/c1-8(2)4-10(6-13)17-11-5-9(3)16-12-14-7-15-18(11)12/h5,7-8,10,17H,4,6,13H2,1-3H3. The van der Waals surface area contributed by atoms with E-state index in [2.05, 4.69) is 34.2 Å². The lowest BCUT2D eigenvalue weighted by Crippen LogP contribution is -2.31. The number of aryl methyl sites for hydroxylation is 1. The predicted molar refractivity (Wildman–Crippen MR) is 71.4 cm³/mol. The molecule has 0 aromatic carbocycles. The van der Waals surface area contributed by atoms with E-state index >= 15 is 0 Å². The fourth-order valence-electron chi connectivity index (χ4n) is 2.03. The molecule has 98 valence electrons. The second kappa shape index (κ2) is 5.30. The first-order chi connectivity index (χ1) is 8.60. The molecule has 0 saturated heterocycles. The Labute approximate surface area is 107 Å². The normalized spacial score (nSPS) is 13.2. The van der Waals surface area contributed by atoms with Gasteiger partial charge in [0.2, 0.25) is 0 Å². The van der Waals surface area contributed by atoms with Gasteiger partial charge in [0.05, 0.1) is 0 Å². The van der Waals surface area contributed by atoms with Gasteiger partial charge in [-0.2, -0.15) is 14.6 Å². The van der Waals surface area contributed by atoms with Crippen LogP contribution in [-0.4, -0.2) is 32.2 Å². The lowest BCUT2D eigenvalue weighted by Gasteiger charge is -2.20. The minimum atomic E-state index is 0.235. The van der Waals surface area contributed by atoms with E-state index in [1.807, 2.05) is 13.0 Å². The van der Waals surface area contributed by atoms with Crippen LogP contribution in [0.5, 0.6) is 0 Å². The fourth-order valence-corrected chi connectivity index (χ4v) is 2.03. The summed E-state index contributed by atoms with van der Waals surface area (Å²) in [6, 6.07) is 2.20. The maximum absolute atomic E-state index is 5.80. The third kappa shape index (κ3) is 2.76. The van der Waals surface area contributed by atoms with E-state index in [1.54, 1.807) is 4.52 Å². The van der Waals surface area contributed by atoms with Crippen LogP contribution in [0, 0.1) is 12.8 Å². The highest BCUT2D eigenvalue weighted by Crippen LogP contribution is 2.14. The van der Waals surface area contributed by atoms with E-state index in [0.717, 1.165) is 17.9 Å². The molecule has 0 saturated carbocycles. The number of anilines is 1. The number of nitrogens with one attached hydrogen (secondary N) is 1. The summed E-state index contributed by atoms with van der Waals surface area (Å²) < 4.78 is 1.70. The Bertz CT molecular complexity index is 518. The molecule has 0 aliphatic rings. The summed E-state index contributed by atoms with van der Waals surface area (Å²) in [7, 11) is 0. The molecule has 0 spiro atoms. The molecule has 18 heavy (non-hydrogen) atoms. The molecule has 1 atom stereocenters. The first-order valence-corrected chi connectivity index (χ1v) is 6.24. The van der Waals surface area contributed by atoms with E-state index < -0.39 is 0 Å². The second-order valence-electron chi connectivity index (χ2n) is 4.96. The van der Waals surface area contributed by atoms with Gasteiger partial charge >= 0.3 is 0 Å². The summed E-state index contributed by atoms with van der Waals surface area (Å²) in [5.74, 6) is 2.10. The Hall–Kier alpha value is -1.69. The fraction of sp³-hybridized carbons (Fsp3) is 0.583. The van der Waals surface area contributed by atoms with Crippen molar-refractivity contribution in [1.82, 2.24) is 19.6 Å². The molecule has 2 aromatic rings. The average Bonchev–Trinajstić information content (AvgIpc) is 2.75. The molecular weight excluding hydrogens is 228 g/mol. The molecule has 0 radical (unpaired) electrons. The smallest absolute Gasteiger partial charge is 0.254 e. The molecule has 0 bridgehead atoms. The Morgan fingerprint density at radius 1 is 1.44 bits per heavy atom. The zero-order valence-corrected chi connectivity index (χ0v) is 11.1. The summed E-state index contributed by atoms with van der Waals surface area (Å²) >= 11 is 0. The Morgan fingerprint density at radius 2 is 2.22 bits per heavy atom. The number of fused-ring (bicyclic) bond motifs is 1. The van der Waals surface area contributed by atoms with Crippen LogP contribution in [0.3, 0.4) is 0 Å². The van der Waals surface area contributed by atoms with Crippen LogP contribution < -0.4 is 11.1 Å². The molecule has 2 heterocycles. The summed E-state index contributed by atoms with van der Waals surface area (Å²) in [6.07, 6.45) is 2.53. The highest BCUT2D eigenvalue weighted by atomic mass is 15.4. The van der Waals surface area contributed by atoms with Crippen LogP contribution in [0.15, 0.2) is 12.4 Å². The molecule has 0 amide bonds. The van der Waals surface area contributed by atoms with Crippen LogP contribution in [-0.2, 0) is 0 Å². The molecular formula is C12H20N6. The maximum Gasteiger partial charge on any atom is 0.254 e. The summed E-state index contributed by atoms with van der Waals surface area (Å²) in [4.78, 5) is 8.41. The monoisotopic (exact) mass is 248 g/mol. The number of hydrogen-bond donors (Lipinski definition) is 2. The zero-order chi connectivity index (χ0) is 13.1. The van der Waals surface area contributed by atoms with E-state index in [0.29, 0.717) is 18.2 Å². The van der Waals surface area contributed by atoms with Gasteiger partial charge in [0.15, 0.2) is 0 Å². The van der Waals surface area contributed by atoms with Crippen LogP contribution in [0.4, 0.5) is 5.82 Å². The van der Waals surface area contributed by atoms with Crippen LogP contribution in [0.25, 0.3) is 5.78 Å². The lowest BCUT2D eigenvalue weighted by molar-refractivity contribution is 0.520. The number of nitrogens with two attached hydrogens (primary N) is 1. The Morgan fingerprint density at radius 3 is 2.89 bits per heavy atom. The van der Waals surface area contributed by atoms with Gasteiger partial charge in [-0.3, -0.25) is 0 Å². The molecule has 2 rings (SSSR count). The second-order valence-corrected chi connectivity index (χ2v) is 4.96. The van der Waals surface area contributed by atoms with Crippen molar-refractivity contribution in [3.05, 3.63) is 18.1 Å². The van der Waals surface area contributed by atoms with Crippen molar-refractivity contribution in [2.75, 3.05) is 11.9 Å². The van der Waals surface area contributed by atoms with E-state index in [-0.39, 0.29) is 6.04 Å². The van der Waals surface area contributed by atoms with Crippen molar-refractivity contribution in [3.8, 4) is 0 Å². The number of rotatable bonds is 5. The van der Waals surface area contributed by atoms with Gasteiger partial charge in [0.25, 0.3) is 5.78 Å². The Balaban J connectivity index is 2.26. The van der Waals surface area contributed by atoms with Gasteiger partial charge < -0.3 is 11.1 Å². The average molecular weight is 248 g/mol. The van der Waals surface area contributed by atoms with Gasteiger partial charge in [0, 0.05) is 24.3 Å². The van der Waals surface area contributed by atoms with Crippen molar-refractivity contribution < 1.29 is 0 Å². The van der Waals surface area contributed by atoms with Crippen molar-refractivity contribution in [1.29, 1.82) is 0 Å². The summed E-state index contributed by atoms with van der Waals surface area (Å²) in [6.45, 7) is 6.91. The van der Waals surface area contributed by atoms with Crippen LogP contribution in [0.2, 0.25) is 0 Å². The van der Waals surface area contributed by atoms with Gasteiger partial charge in [-0.15, -0.1) is 0 Å². The highest BCUT2D eigenvalue weighted by Gasteiger charge is 2.12. The van der Waals surface area contributed by atoms with Gasteiger partial charge in [0.1, 0.15) is 12.1 Å². The molecule has 2 aromatic heterocycles. The van der Waals surface area contributed by atoms with E-state index in [1.165, 1.54) is 6.33 Å². The van der Waals surface area contributed by atoms with Gasteiger partial charge in [-0.05, 0) is 19.3 Å². The molecule has 0 aliphatic carbocycles. The van der Waals surface area contributed by atoms with Crippen molar-refractivity contribution in [2.45, 2.75) is 33.2 Å². The van der Waals surface area contributed by atoms with Crippen molar-refractivity contribution in [3.63, 3.8) is 0 Å². The van der Waals surface area contributed by atoms with Crippen LogP contribution in [0.1, 0.15) is 26.0 Å². The predicted octanol–water partition coefficient (Wildman–Crippen LogP) is 1.22. The SMILES string of the molecule is Cc1cc(NC(CN)CC(C)C)n2ncnc2n1. The summed E-state index contributed by atoms with van der Waals surface area (Å²) in [5, 5.41) is 7.59. The molecule has 6 heteroatoms. The molecule has 6 nitrogen and oxygen atoms in total. The minimum absolute atomic E-state index is 0.235. The largest absolute Gasteiger partial charge is 0.366 e. The summed E-state index contributed by atoms with van der Waals surface area (Å²) in [5.41, 5.74) is 6.72. The molecule has 0 aliphatic heterocycles. The molecule has 3 N–H and O–H groups in total. The van der Waals surface area contributed by atoms with E-state index in [9.17, 15) is 0 Å². The topological polar surface area (TPSA) is 81.1 Å². The molecule has 1 unspecified atom stereocenters. The first-order valence-electron chi connectivity index (χ1n) is 6.24. The van der Waals surface area contributed by atoms with Gasteiger partial charge in [-0.1, -0.05) is 13.8 Å². The quantitative estimate of drug-likeness (QED) is 0.831. The first kappa shape index (κ1) is 12.8. The third-order valence-electron chi connectivity index (χ3n) is 2.77. The van der Waals surface area contributed by atoms with Crippen LogP contribution >= 0.6 is 0 Å². The van der Waals surface area contributed by atoms with Crippen molar-refractivity contribution in [2.24, 2.45) is 11.7 Å². The highest BCUT2D eigenvalue weighted by molar-refractivity contribution is 5.45. The lowest BCUT2D eigenvalue weighted by atomic mass is 10.0. The maximum atomic E-state index is 5.80. The number of hydrogen-bond acceptors (Lipinski definition) is 5. The number of nitrogens with zero attached hydrogens (tertiary/aromatic N) is 4. The molecule has 0 fully saturated rings. The number of aromatic nitrogens is 4. The van der Waals surface area contributed by atoms with E-state index in [4.69, 9.17) is 5.73 Å². The Kier molecular flexibility index (Phi) is 3.76. The minimum Gasteiger partial charge on any atom is -0.366 e. The third-order valence-corrected chi connectivity index (χ3v) is 2.77.